The molecule has 0 N–H and O–H groups in total. The number of carbonyl (C=O) groups is 2. The maximum Gasteiger partial charge on any atom is 0.379 e. The summed E-state index contributed by atoms with van der Waals surface area (Å²) in [5.74, 6) is -0.147. The van der Waals surface area contributed by atoms with Crippen LogP contribution in [0.15, 0.2) is 36.4 Å². The zero-order valence-electron chi connectivity index (χ0n) is 18.9. The summed E-state index contributed by atoms with van der Waals surface area (Å²) in [5, 5.41) is 0. The van der Waals surface area contributed by atoms with E-state index in [2.05, 4.69) is 20.8 Å². The number of hydrogen-bond acceptors (Lipinski definition) is 5. The fraction of sp³-hybridized carbons (Fsp3) is 0.500. The van der Waals surface area contributed by atoms with Gasteiger partial charge in [0.25, 0.3) is 5.78 Å². The van der Waals surface area contributed by atoms with Gasteiger partial charge < -0.3 is 14.2 Å². The molecule has 0 aliphatic heterocycles. The van der Waals surface area contributed by atoms with E-state index in [4.69, 9.17) is 14.2 Å². The minimum Gasteiger partial charge on any atom is -0.497 e. The summed E-state index contributed by atoms with van der Waals surface area (Å²) >= 11 is 0. The van der Waals surface area contributed by atoms with Crippen LogP contribution in [0.4, 0.5) is 0 Å². The highest BCUT2D eigenvalue weighted by Crippen LogP contribution is 2.33. The standard InChI is InChI=1S/C24H34O5/c1-23(2,3)16-21(24(4,5)6)29-22(26)19(25)12-10-9-11-17-15-18(27-7)13-14-20(17)28-8/h9-15,21H,16H2,1-8H3. The summed E-state index contributed by atoms with van der Waals surface area (Å²) in [6, 6.07) is 5.42. The molecule has 29 heavy (non-hydrogen) atoms. The third kappa shape index (κ3) is 8.55. The van der Waals surface area contributed by atoms with Crippen molar-refractivity contribution in [2.75, 3.05) is 14.2 Å². The fourth-order valence-corrected chi connectivity index (χ4v) is 2.61. The molecule has 0 heterocycles. The first-order valence-corrected chi connectivity index (χ1v) is 9.69. The molecule has 0 aromatic heterocycles. The first kappa shape index (κ1) is 24.5. The Morgan fingerprint density at radius 1 is 1.00 bits per heavy atom. The number of hydrogen-bond donors (Lipinski definition) is 0. The zero-order chi connectivity index (χ0) is 22.2. The Bertz CT molecular complexity index is 760. The van der Waals surface area contributed by atoms with Crippen molar-refractivity contribution in [1.29, 1.82) is 0 Å². The van der Waals surface area contributed by atoms with Crippen LogP contribution in [0, 0.1) is 10.8 Å². The SMILES string of the molecule is COc1ccc(OC)c(C=CC=CC(=O)C(=O)OC(CC(C)(C)C)C(C)(C)C)c1. The fourth-order valence-electron chi connectivity index (χ4n) is 2.61. The highest BCUT2D eigenvalue weighted by atomic mass is 16.5. The van der Waals surface area contributed by atoms with Crippen LogP contribution in [-0.2, 0) is 14.3 Å². The number of ether oxygens (including phenoxy) is 3. The normalized spacial score (nSPS) is 13.5. The molecule has 0 aliphatic carbocycles. The molecule has 1 aromatic carbocycles. The number of carbonyl (C=O) groups excluding carboxylic acids is 2. The number of methoxy groups -OCH3 is 2. The van der Waals surface area contributed by atoms with E-state index < -0.39 is 11.8 Å². The summed E-state index contributed by atoms with van der Waals surface area (Å²) in [5.41, 5.74) is 0.523. The Morgan fingerprint density at radius 2 is 1.66 bits per heavy atom. The molecule has 1 unspecified atom stereocenters. The van der Waals surface area contributed by atoms with Crippen LogP contribution < -0.4 is 9.47 Å². The van der Waals surface area contributed by atoms with Crippen molar-refractivity contribution >= 4 is 17.8 Å². The summed E-state index contributed by atoms with van der Waals surface area (Å²) in [6.45, 7) is 12.3. The average molecular weight is 403 g/mol. The van der Waals surface area contributed by atoms with E-state index in [1.807, 2.05) is 26.8 Å². The van der Waals surface area contributed by atoms with Gasteiger partial charge in [0.1, 0.15) is 17.6 Å². The molecule has 0 aliphatic rings. The molecule has 0 amide bonds. The van der Waals surface area contributed by atoms with Crippen molar-refractivity contribution in [3.63, 3.8) is 0 Å². The number of ketones is 1. The second-order valence-corrected chi connectivity index (χ2v) is 9.22. The maximum absolute atomic E-state index is 12.3. The van der Waals surface area contributed by atoms with Gasteiger partial charge >= 0.3 is 5.97 Å². The molecule has 160 valence electrons. The first-order chi connectivity index (χ1) is 13.4. The number of esters is 1. The predicted octanol–water partition coefficient (Wildman–Crippen LogP) is 5.24. The van der Waals surface area contributed by atoms with Crippen LogP contribution in [-0.4, -0.2) is 32.1 Å². The van der Waals surface area contributed by atoms with Gasteiger partial charge in [0.15, 0.2) is 0 Å². The highest BCUT2D eigenvalue weighted by Gasteiger charge is 2.33. The van der Waals surface area contributed by atoms with Crippen LogP contribution in [0.2, 0.25) is 0 Å². The Hall–Kier alpha value is -2.56. The van der Waals surface area contributed by atoms with Crippen LogP contribution in [0.25, 0.3) is 6.08 Å². The van der Waals surface area contributed by atoms with Crippen molar-refractivity contribution in [3.8, 4) is 11.5 Å². The largest absolute Gasteiger partial charge is 0.497 e. The van der Waals surface area contributed by atoms with E-state index in [-0.39, 0.29) is 16.9 Å². The van der Waals surface area contributed by atoms with Gasteiger partial charge in [0.05, 0.1) is 14.2 Å². The topological polar surface area (TPSA) is 61.8 Å². The van der Waals surface area contributed by atoms with Crippen LogP contribution in [0.5, 0.6) is 11.5 Å². The van der Waals surface area contributed by atoms with E-state index in [0.29, 0.717) is 17.9 Å². The lowest BCUT2D eigenvalue weighted by atomic mass is 9.78. The number of benzene rings is 1. The van der Waals surface area contributed by atoms with Crippen molar-refractivity contribution < 1.29 is 23.8 Å². The van der Waals surface area contributed by atoms with Crippen LogP contribution >= 0.6 is 0 Å². The molecule has 0 bridgehead atoms. The molecule has 0 spiro atoms. The van der Waals surface area contributed by atoms with E-state index in [9.17, 15) is 9.59 Å². The minimum absolute atomic E-state index is 0.0182. The third-order valence-corrected chi connectivity index (χ3v) is 4.29. The third-order valence-electron chi connectivity index (χ3n) is 4.29. The quantitative estimate of drug-likeness (QED) is 0.258. The lowest BCUT2D eigenvalue weighted by Gasteiger charge is -2.34. The minimum atomic E-state index is -0.835. The Kier molecular flexibility index (Phi) is 8.68. The second-order valence-electron chi connectivity index (χ2n) is 9.22. The lowest BCUT2D eigenvalue weighted by molar-refractivity contribution is -0.162. The Balaban J connectivity index is 2.81. The monoisotopic (exact) mass is 402 g/mol. The Labute approximate surface area is 174 Å². The van der Waals surface area contributed by atoms with Gasteiger partial charge in [-0.3, -0.25) is 4.79 Å². The van der Waals surface area contributed by atoms with E-state index >= 15 is 0 Å². The van der Waals surface area contributed by atoms with Gasteiger partial charge in [0.2, 0.25) is 0 Å². The van der Waals surface area contributed by atoms with Crippen LogP contribution in [0.1, 0.15) is 53.5 Å². The molecule has 0 saturated heterocycles. The molecule has 1 atom stereocenters. The first-order valence-electron chi connectivity index (χ1n) is 9.69. The van der Waals surface area contributed by atoms with Gasteiger partial charge in [-0.25, -0.2) is 4.79 Å². The highest BCUT2D eigenvalue weighted by molar-refractivity contribution is 6.38. The maximum atomic E-state index is 12.3. The molecule has 0 radical (unpaired) electrons. The number of rotatable bonds is 8. The molecule has 1 aromatic rings. The zero-order valence-corrected chi connectivity index (χ0v) is 18.9. The molecule has 5 nitrogen and oxygen atoms in total. The van der Waals surface area contributed by atoms with E-state index in [1.54, 1.807) is 38.5 Å². The predicted molar refractivity (Wildman–Crippen MR) is 116 cm³/mol. The van der Waals surface area contributed by atoms with Crippen molar-refractivity contribution in [1.82, 2.24) is 0 Å². The molecule has 1 rings (SSSR count). The summed E-state index contributed by atoms with van der Waals surface area (Å²) in [6.07, 6.45) is 6.49. The van der Waals surface area contributed by atoms with E-state index in [0.717, 1.165) is 5.56 Å². The van der Waals surface area contributed by atoms with Gasteiger partial charge in [-0.2, -0.15) is 0 Å². The smallest absolute Gasteiger partial charge is 0.379 e. The summed E-state index contributed by atoms with van der Waals surface area (Å²) in [7, 11) is 3.17. The Morgan fingerprint density at radius 3 is 2.17 bits per heavy atom. The average Bonchev–Trinajstić information content (AvgIpc) is 2.62. The van der Waals surface area contributed by atoms with Gasteiger partial charge in [-0.05, 0) is 41.5 Å². The second kappa shape index (κ2) is 10.3. The molecule has 0 saturated carbocycles. The number of allylic oxidation sites excluding steroid dienone is 2. The lowest BCUT2D eigenvalue weighted by Crippen LogP contribution is -2.36. The molecular formula is C24H34O5. The molecule has 0 fully saturated rings. The molecular weight excluding hydrogens is 368 g/mol. The van der Waals surface area contributed by atoms with Gasteiger partial charge in [-0.15, -0.1) is 0 Å². The summed E-state index contributed by atoms with van der Waals surface area (Å²) < 4.78 is 16.0. The van der Waals surface area contributed by atoms with Crippen molar-refractivity contribution in [2.24, 2.45) is 10.8 Å². The van der Waals surface area contributed by atoms with Gasteiger partial charge in [0, 0.05) is 5.56 Å². The van der Waals surface area contributed by atoms with Crippen molar-refractivity contribution in [3.05, 3.63) is 42.0 Å². The van der Waals surface area contributed by atoms with E-state index in [1.165, 1.54) is 12.2 Å². The summed E-state index contributed by atoms with van der Waals surface area (Å²) in [4.78, 5) is 24.4. The van der Waals surface area contributed by atoms with Crippen molar-refractivity contribution in [2.45, 2.75) is 54.1 Å². The van der Waals surface area contributed by atoms with Crippen LogP contribution in [0.3, 0.4) is 0 Å². The van der Waals surface area contributed by atoms with Gasteiger partial charge in [-0.1, -0.05) is 59.8 Å². The molecule has 5 heteroatoms.